The highest BCUT2D eigenvalue weighted by atomic mass is 19.1. The molecule has 3 saturated heterocycles. The van der Waals surface area contributed by atoms with Crippen LogP contribution in [-0.2, 0) is 4.79 Å². The molecule has 2 aromatic heterocycles. The van der Waals surface area contributed by atoms with E-state index < -0.39 is 23.3 Å². The number of ether oxygens (including phenoxy) is 1. The summed E-state index contributed by atoms with van der Waals surface area (Å²) in [7, 11) is 0. The van der Waals surface area contributed by atoms with Gasteiger partial charge in [-0.1, -0.05) is 12.0 Å². The molecule has 2 aromatic carbocycles. The molecule has 0 aliphatic carbocycles. The molecule has 2 atom stereocenters. The molecule has 238 valence electrons. The Hall–Kier alpha value is -4.63. The van der Waals surface area contributed by atoms with Gasteiger partial charge in [0.2, 0.25) is 5.91 Å². The van der Waals surface area contributed by atoms with Crippen LogP contribution in [-0.4, -0.2) is 80.4 Å². The number of pyridine rings is 1. The Morgan fingerprint density at radius 2 is 1.98 bits per heavy atom. The predicted octanol–water partition coefficient (Wildman–Crippen LogP) is 5.52. The molecule has 7 rings (SSSR count). The lowest BCUT2D eigenvalue weighted by molar-refractivity contribution is -0.129. The van der Waals surface area contributed by atoms with Crippen molar-refractivity contribution in [3.63, 3.8) is 0 Å². The van der Waals surface area contributed by atoms with Crippen LogP contribution in [0, 0.1) is 24.0 Å². The summed E-state index contributed by atoms with van der Waals surface area (Å²) in [4.78, 5) is 28.5. The number of nitrogens with zero attached hydrogens (tertiary/aromatic N) is 6. The number of hydrogen-bond acceptors (Lipinski definition) is 8. The number of carbonyl (C=O) groups excluding carboxylic acids is 1. The number of benzene rings is 2. The number of anilines is 1. The number of aromatic nitrogens is 3. The Labute approximate surface area is 264 Å². The first-order valence-corrected chi connectivity index (χ1v) is 15.5. The second-order valence-corrected chi connectivity index (χ2v) is 12.4. The minimum absolute atomic E-state index is 0.0880. The zero-order valence-electron chi connectivity index (χ0n) is 25.4. The van der Waals surface area contributed by atoms with Gasteiger partial charge in [0.15, 0.2) is 11.6 Å². The molecule has 0 bridgehead atoms. The van der Waals surface area contributed by atoms with Gasteiger partial charge in [-0.15, -0.1) is 6.42 Å². The first-order chi connectivity index (χ1) is 22.2. The quantitative estimate of drug-likeness (QED) is 0.288. The van der Waals surface area contributed by atoms with E-state index in [1.165, 1.54) is 37.4 Å². The lowest BCUT2D eigenvalue weighted by atomic mass is 9.95. The molecular weight excluding hydrogens is 597 g/mol. The van der Waals surface area contributed by atoms with Gasteiger partial charge < -0.3 is 9.84 Å². The minimum Gasteiger partial charge on any atom is -0.508 e. The van der Waals surface area contributed by atoms with Gasteiger partial charge in [-0.2, -0.15) is 9.97 Å². The minimum atomic E-state index is -0.959. The monoisotopic (exact) mass is 630 g/mol. The van der Waals surface area contributed by atoms with Gasteiger partial charge >= 0.3 is 6.01 Å². The topological polar surface area (TPSA) is 94.9 Å². The zero-order valence-corrected chi connectivity index (χ0v) is 25.4. The second kappa shape index (κ2) is 11.6. The zero-order chi connectivity index (χ0) is 32.2. The van der Waals surface area contributed by atoms with Crippen LogP contribution in [0.15, 0.2) is 30.5 Å². The fraction of sp³-hybridized carbons (Fsp3) is 0.412. The maximum Gasteiger partial charge on any atom is 0.319 e. The summed E-state index contributed by atoms with van der Waals surface area (Å²) in [5.74, 6) is 0.682. The van der Waals surface area contributed by atoms with Gasteiger partial charge in [-0.05, 0) is 62.2 Å². The van der Waals surface area contributed by atoms with Crippen molar-refractivity contribution in [1.82, 2.24) is 24.9 Å². The molecule has 12 heteroatoms. The molecule has 5 heterocycles. The van der Waals surface area contributed by atoms with E-state index >= 15 is 4.39 Å². The smallest absolute Gasteiger partial charge is 0.319 e. The van der Waals surface area contributed by atoms with Crippen molar-refractivity contribution in [2.24, 2.45) is 0 Å². The summed E-state index contributed by atoms with van der Waals surface area (Å²) in [5, 5.41) is 14.7. The number of terminal acetylenes is 1. The molecule has 3 aliphatic heterocycles. The molecule has 0 radical (unpaired) electrons. The first kappa shape index (κ1) is 30.0. The van der Waals surface area contributed by atoms with E-state index in [2.05, 4.69) is 20.8 Å². The molecule has 0 saturated carbocycles. The first-order valence-electron chi connectivity index (χ1n) is 15.5. The molecule has 3 aliphatic rings. The number of phenolic OH excluding ortho intramolecular Hbond substituents is 1. The van der Waals surface area contributed by atoms with Crippen molar-refractivity contribution in [2.45, 2.75) is 57.2 Å². The maximum absolute atomic E-state index is 16.8. The summed E-state index contributed by atoms with van der Waals surface area (Å²) < 4.78 is 52.3. The number of hydrogen-bond donors (Lipinski definition) is 1. The van der Waals surface area contributed by atoms with Crippen LogP contribution in [0.1, 0.15) is 51.0 Å². The maximum atomic E-state index is 16.8. The molecule has 0 unspecified atom stereocenters. The van der Waals surface area contributed by atoms with Crippen molar-refractivity contribution in [3.8, 4) is 35.4 Å². The summed E-state index contributed by atoms with van der Waals surface area (Å²) in [6, 6.07) is 5.22. The van der Waals surface area contributed by atoms with E-state index in [0.717, 1.165) is 38.6 Å². The third-order valence-electron chi connectivity index (χ3n) is 9.46. The highest BCUT2D eigenvalue weighted by Gasteiger charge is 2.49. The van der Waals surface area contributed by atoms with Crippen molar-refractivity contribution in [1.29, 1.82) is 0 Å². The van der Waals surface area contributed by atoms with Crippen LogP contribution in [0.5, 0.6) is 11.8 Å². The Balaban J connectivity index is 1.41. The fourth-order valence-electron chi connectivity index (χ4n) is 7.36. The average molecular weight is 631 g/mol. The Bertz CT molecular complexity index is 1920. The Morgan fingerprint density at radius 1 is 1.15 bits per heavy atom. The second-order valence-electron chi connectivity index (χ2n) is 12.4. The number of fused-ring (bicyclic) bond motifs is 3. The van der Waals surface area contributed by atoms with E-state index in [1.807, 2.05) is 0 Å². The summed E-state index contributed by atoms with van der Waals surface area (Å²) in [5.41, 5.74) is -0.842. The van der Waals surface area contributed by atoms with Crippen molar-refractivity contribution < 1.29 is 27.8 Å². The number of halogens is 3. The SMILES string of the molecule is C#Cc1c(F)ccc2cc(O)cc(-c3ncc4c(N5CCCCCN5C(C)=O)nc(OC[C@@]56CCCN5C[C@H](F)C6)nc4c3F)c12. The number of alkyl halides is 1. The Morgan fingerprint density at radius 3 is 2.78 bits per heavy atom. The standard InChI is InChI=1S/C34H33F3N6O3/c1-3-24-27(36)9-8-21-14-23(45)15-25(28(21)24)30-29(37)31-26(17-38-30)32(43-13-6-4-5-12-42(43)20(2)44)40-33(39-31)46-19-34-10-7-11-41(34)18-22(35)16-34/h1,8-9,14-15,17,22,45H,4-7,10-13,16,18-19H2,2H3/t22-,34+/m1/s1. The van der Waals surface area contributed by atoms with Crippen LogP contribution in [0.2, 0.25) is 0 Å². The number of amides is 1. The lowest BCUT2D eigenvalue weighted by Crippen LogP contribution is -2.46. The van der Waals surface area contributed by atoms with Gasteiger partial charge in [0.1, 0.15) is 35.6 Å². The molecule has 46 heavy (non-hydrogen) atoms. The Kier molecular flexibility index (Phi) is 7.59. The molecule has 9 nitrogen and oxygen atoms in total. The highest BCUT2D eigenvalue weighted by molar-refractivity contribution is 6.03. The molecule has 3 fully saturated rings. The molecule has 0 spiro atoms. The van der Waals surface area contributed by atoms with Gasteiger partial charge in [0.05, 0.1) is 16.5 Å². The van der Waals surface area contributed by atoms with Crippen LogP contribution < -0.4 is 9.75 Å². The third-order valence-corrected chi connectivity index (χ3v) is 9.46. The van der Waals surface area contributed by atoms with E-state index in [1.54, 1.807) is 10.0 Å². The highest BCUT2D eigenvalue weighted by Crippen LogP contribution is 2.42. The number of rotatable bonds is 5. The van der Waals surface area contributed by atoms with Crippen LogP contribution in [0.3, 0.4) is 0 Å². The largest absolute Gasteiger partial charge is 0.508 e. The molecule has 1 amide bonds. The van der Waals surface area contributed by atoms with Crippen LogP contribution >= 0.6 is 0 Å². The van der Waals surface area contributed by atoms with Crippen molar-refractivity contribution in [3.05, 3.63) is 47.7 Å². The predicted molar refractivity (Wildman–Crippen MR) is 167 cm³/mol. The van der Waals surface area contributed by atoms with E-state index in [4.69, 9.17) is 16.1 Å². The van der Waals surface area contributed by atoms with E-state index in [0.29, 0.717) is 31.4 Å². The summed E-state index contributed by atoms with van der Waals surface area (Å²) in [6.07, 6.45) is 10.6. The number of aromatic hydroxyl groups is 1. The third kappa shape index (κ3) is 5.03. The van der Waals surface area contributed by atoms with Gasteiger partial charge in [0.25, 0.3) is 0 Å². The van der Waals surface area contributed by atoms with Crippen LogP contribution in [0.4, 0.5) is 19.0 Å². The summed E-state index contributed by atoms with van der Waals surface area (Å²) >= 11 is 0. The van der Waals surface area contributed by atoms with Crippen LogP contribution in [0.25, 0.3) is 32.9 Å². The van der Waals surface area contributed by atoms with Gasteiger partial charge in [-0.3, -0.25) is 24.7 Å². The number of carbonyl (C=O) groups is 1. The fourth-order valence-corrected chi connectivity index (χ4v) is 7.36. The average Bonchev–Trinajstić information content (AvgIpc) is 3.43. The van der Waals surface area contributed by atoms with Gasteiger partial charge in [0, 0.05) is 50.1 Å². The normalized spacial score (nSPS) is 21.8. The van der Waals surface area contributed by atoms with Gasteiger partial charge in [-0.25, -0.2) is 13.2 Å². The molecule has 4 aromatic rings. The summed E-state index contributed by atoms with van der Waals surface area (Å²) in [6.45, 7) is 3.60. The number of phenols is 1. The molecular formula is C34H33F3N6O3. The molecule has 1 N–H and O–H groups in total. The lowest BCUT2D eigenvalue weighted by Gasteiger charge is -2.34. The van der Waals surface area contributed by atoms with Crippen molar-refractivity contribution in [2.75, 3.05) is 37.8 Å². The van der Waals surface area contributed by atoms with E-state index in [-0.39, 0.29) is 63.2 Å². The van der Waals surface area contributed by atoms with E-state index in [9.17, 15) is 18.7 Å². The van der Waals surface area contributed by atoms with Crippen molar-refractivity contribution >= 4 is 33.4 Å². The number of hydrazine groups is 1.